The van der Waals surface area contributed by atoms with Crippen LogP contribution < -0.4 is 10.7 Å². The maximum absolute atomic E-state index is 11.9. The van der Waals surface area contributed by atoms with Gasteiger partial charge in [0.1, 0.15) is 0 Å². The summed E-state index contributed by atoms with van der Waals surface area (Å²) in [6, 6.07) is 21.8. The highest BCUT2D eigenvalue weighted by molar-refractivity contribution is 5.85. The summed E-state index contributed by atoms with van der Waals surface area (Å²) < 4.78 is 2.17. The quantitative estimate of drug-likeness (QED) is 0.529. The number of hydrogen-bond acceptors (Lipinski definition) is 3. The molecule has 0 aliphatic rings. The van der Waals surface area contributed by atoms with Crippen molar-refractivity contribution in [2.24, 2.45) is 5.10 Å². The third-order valence-electron chi connectivity index (χ3n) is 4.10. The van der Waals surface area contributed by atoms with Crippen LogP contribution in [0.3, 0.4) is 0 Å². The van der Waals surface area contributed by atoms with Crippen molar-refractivity contribution in [2.75, 3.05) is 11.9 Å². The molecule has 3 rings (SSSR count). The molecule has 0 aliphatic heterocycles. The van der Waals surface area contributed by atoms with Crippen LogP contribution in [0.5, 0.6) is 0 Å². The molecule has 2 aromatic carbocycles. The van der Waals surface area contributed by atoms with E-state index in [1.165, 1.54) is 0 Å². The fourth-order valence-electron chi connectivity index (χ4n) is 2.84. The Morgan fingerprint density at radius 1 is 1.04 bits per heavy atom. The number of carbonyl (C=O) groups excluding carboxylic acids is 1. The van der Waals surface area contributed by atoms with Crippen LogP contribution in [0.25, 0.3) is 5.69 Å². The topological polar surface area (TPSA) is 58.4 Å². The Morgan fingerprint density at radius 3 is 2.38 bits per heavy atom. The van der Waals surface area contributed by atoms with Gasteiger partial charge < -0.3 is 9.88 Å². The predicted molar refractivity (Wildman–Crippen MR) is 106 cm³/mol. The molecular weight excluding hydrogens is 324 g/mol. The Labute approximate surface area is 153 Å². The van der Waals surface area contributed by atoms with Gasteiger partial charge in [-0.3, -0.25) is 4.79 Å². The van der Waals surface area contributed by atoms with Gasteiger partial charge in [0.2, 0.25) is 0 Å². The molecule has 1 heterocycles. The van der Waals surface area contributed by atoms with Crippen LogP contribution in [0.4, 0.5) is 5.69 Å². The Bertz CT molecular complexity index is 899. The van der Waals surface area contributed by atoms with Crippen molar-refractivity contribution in [3.63, 3.8) is 0 Å². The maximum Gasteiger partial charge on any atom is 0.259 e. The fourth-order valence-corrected chi connectivity index (χ4v) is 2.84. The lowest BCUT2D eigenvalue weighted by Crippen LogP contribution is -2.25. The van der Waals surface area contributed by atoms with Crippen LogP contribution in [0, 0.1) is 13.8 Å². The molecule has 0 unspecified atom stereocenters. The average molecular weight is 346 g/mol. The highest BCUT2D eigenvalue weighted by atomic mass is 16.2. The summed E-state index contributed by atoms with van der Waals surface area (Å²) in [6.07, 6.45) is 1.68. The molecule has 0 fully saturated rings. The van der Waals surface area contributed by atoms with E-state index >= 15 is 0 Å². The number of rotatable bonds is 6. The highest BCUT2D eigenvalue weighted by Crippen LogP contribution is 2.19. The highest BCUT2D eigenvalue weighted by Gasteiger charge is 2.09. The third kappa shape index (κ3) is 4.19. The number of hydrogen-bond donors (Lipinski definition) is 2. The number of nitrogens with zero attached hydrogens (tertiary/aromatic N) is 2. The number of nitrogens with one attached hydrogen (secondary N) is 2. The second-order valence-electron chi connectivity index (χ2n) is 6.01. The molecule has 0 spiro atoms. The molecule has 1 aromatic heterocycles. The number of benzene rings is 2. The lowest BCUT2D eigenvalue weighted by Gasteiger charge is -2.09. The molecule has 26 heavy (non-hydrogen) atoms. The maximum atomic E-state index is 11.9. The minimum Gasteiger partial charge on any atom is -0.376 e. The van der Waals surface area contributed by atoms with Gasteiger partial charge in [-0.05, 0) is 44.2 Å². The van der Waals surface area contributed by atoms with Crippen molar-refractivity contribution in [2.45, 2.75) is 13.8 Å². The van der Waals surface area contributed by atoms with Crippen molar-refractivity contribution < 1.29 is 4.79 Å². The SMILES string of the molecule is Cc1cc(/C=N\NC(=O)CNc2ccccc2)c(C)n1-c1ccccc1. The zero-order valence-corrected chi connectivity index (χ0v) is 14.9. The molecule has 5 heteroatoms. The minimum atomic E-state index is -0.193. The summed E-state index contributed by atoms with van der Waals surface area (Å²) in [5.74, 6) is -0.193. The zero-order valence-electron chi connectivity index (χ0n) is 14.9. The van der Waals surface area contributed by atoms with Gasteiger partial charge >= 0.3 is 0 Å². The van der Waals surface area contributed by atoms with Gasteiger partial charge in [-0.25, -0.2) is 5.43 Å². The van der Waals surface area contributed by atoms with Gasteiger partial charge in [0.05, 0.1) is 12.8 Å². The second-order valence-corrected chi connectivity index (χ2v) is 6.01. The van der Waals surface area contributed by atoms with Crippen molar-refractivity contribution >= 4 is 17.8 Å². The van der Waals surface area contributed by atoms with Gasteiger partial charge in [0.15, 0.2) is 0 Å². The van der Waals surface area contributed by atoms with Gasteiger partial charge in [-0.15, -0.1) is 0 Å². The summed E-state index contributed by atoms with van der Waals surface area (Å²) >= 11 is 0. The van der Waals surface area contributed by atoms with E-state index in [0.717, 1.165) is 28.3 Å². The van der Waals surface area contributed by atoms with Gasteiger partial charge in [-0.1, -0.05) is 36.4 Å². The van der Waals surface area contributed by atoms with Gasteiger partial charge in [0, 0.05) is 28.3 Å². The van der Waals surface area contributed by atoms with Gasteiger partial charge in [-0.2, -0.15) is 5.10 Å². The van der Waals surface area contributed by atoms with Crippen LogP contribution in [-0.2, 0) is 4.79 Å². The minimum absolute atomic E-state index is 0.171. The van der Waals surface area contributed by atoms with E-state index in [1.807, 2.05) is 55.5 Å². The van der Waals surface area contributed by atoms with Crippen molar-refractivity contribution in [1.29, 1.82) is 0 Å². The molecule has 0 bridgehead atoms. The smallest absolute Gasteiger partial charge is 0.259 e. The first-order chi connectivity index (χ1) is 12.6. The number of amides is 1. The summed E-state index contributed by atoms with van der Waals surface area (Å²) in [4.78, 5) is 11.9. The number of aryl methyl sites for hydroxylation is 1. The number of aromatic nitrogens is 1. The van der Waals surface area contributed by atoms with Crippen LogP contribution >= 0.6 is 0 Å². The van der Waals surface area contributed by atoms with E-state index in [4.69, 9.17) is 0 Å². The van der Waals surface area contributed by atoms with Crippen LogP contribution in [0.15, 0.2) is 71.8 Å². The number of hydrazone groups is 1. The van der Waals surface area contributed by atoms with Crippen LogP contribution in [0.1, 0.15) is 17.0 Å². The van der Waals surface area contributed by atoms with Crippen LogP contribution in [0.2, 0.25) is 0 Å². The van der Waals surface area contributed by atoms with Gasteiger partial charge in [0.25, 0.3) is 5.91 Å². The summed E-state index contributed by atoms with van der Waals surface area (Å²) in [7, 11) is 0. The first-order valence-corrected chi connectivity index (χ1v) is 8.50. The van der Waals surface area contributed by atoms with E-state index in [9.17, 15) is 4.79 Å². The summed E-state index contributed by atoms with van der Waals surface area (Å²) in [5, 5.41) is 7.13. The molecule has 3 aromatic rings. The normalized spacial score (nSPS) is 10.8. The molecule has 2 N–H and O–H groups in total. The molecule has 0 radical (unpaired) electrons. The van der Waals surface area contributed by atoms with E-state index in [-0.39, 0.29) is 12.5 Å². The molecule has 0 saturated carbocycles. The molecule has 5 nitrogen and oxygen atoms in total. The molecule has 132 valence electrons. The zero-order chi connectivity index (χ0) is 18.4. The average Bonchev–Trinajstić information content (AvgIpc) is 2.95. The van der Waals surface area contributed by atoms with Crippen molar-refractivity contribution in [1.82, 2.24) is 9.99 Å². The predicted octanol–water partition coefficient (Wildman–Crippen LogP) is 3.66. The molecule has 0 atom stereocenters. The van der Waals surface area contributed by atoms with E-state index < -0.39 is 0 Å². The monoisotopic (exact) mass is 346 g/mol. The molecule has 0 saturated heterocycles. The van der Waals surface area contributed by atoms with Crippen LogP contribution in [-0.4, -0.2) is 23.2 Å². The van der Waals surface area contributed by atoms with E-state index in [2.05, 4.69) is 45.5 Å². The lowest BCUT2D eigenvalue weighted by molar-refractivity contribution is -0.119. The van der Waals surface area contributed by atoms with Crippen molar-refractivity contribution in [3.8, 4) is 5.69 Å². The Balaban J connectivity index is 1.61. The number of carbonyl (C=O) groups is 1. The molecular formula is C21H22N4O. The lowest BCUT2D eigenvalue weighted by atomic mass is 10.2. The first-order valence-electron chi connectivity index (χ1n) is 8.50. The number of anilines is 1. The largest absolute Gasteiger partial charge is 0.376 e. The fraction of sp³-hybridized carbons (Fsp3) is 0.143. The first kappa shape index (κ1) is 17.5. The second kappa shape index (κ2) is 8.16. The van der Waals surface area contributed by atoms with Crippen molar-refractivity contribution in [3.05, 3.63) is 83.7 Å². The number of para-hydroxylation sites is 2. The van der Waals surface area contributed by atoms with E-state index in [1.54, 1.807) is 6.21 Å². The Morgan fingerprint density at radius 2 is 1.69 bits per heavy atom. The third-order valence-corrected chi connectivity index (χ3v) is 4.10. The molecule has 0 aliphatic carbocycles. The van der Waals surface area contributed by atoms with E-state index in [0.29, 0.717) is 0 Å². The summed E-state index contributed by atoms with van der Waals surface area (Å²) in [6.45, 7) is 4.27. The Hall–Kier alpha value is -3.34. The standard InChI is InChI=1S/C21H22N4O/c1-16-13-18(17(2)25(16)20-11-7-4-8-12-20)14-23-24-21(26)15-22-19-9-5-3-6-10-19/h3-14,22H,15H2,1-2H3,(H,24,26)/b23-14-. The Kier molecular flexibility index (Phi) is 5.49. The molecule has 1 amide bonds. The summed E-state index contributed by atoms with van der Waals surface area (Å²) in [5.41, 5.74) is 7.74.